The van der Waals surface area contributed by atoms with E-state index in [1.165, 1.54) is 6.08 Å². The van der Waals surface area contributed by atoms with E-state index in [0.717, 1.165) is 24.6 Å². The number of nitrogens with one attached hydrogen (secondary N) is 1. The molecule has 1 amide bonds. The molecule has 0 aliphatic carbocycles. The topological polar surface area (TPSA) is 47.9 Å². The number of aliphatic imine (C=N–C) groups is 1. The highest BCUT2D eigenvalue weighted by Crippen LogP contribution is 2.07. The monoisotopic (exact) mass is 262 g/mol. The number of nitrogens with zero attached hydrogens (tertiary/aromatic N) is 3. The predicted octanol–water partition coefficient (Wildman–Crippen LogP) is 0.982. The third-order valence-electron chi connectivity index (χ3n) is 2.98. The molecule has 1 aliphatic rings. The van der Waals surface area contributed by atoms with Gasteiger partial charge in [-0.05, 0) is 13.0 Å². The van der Waals surface area contributed by atoms with Crippen molar-refractivity contribution in [1.29, 1.82) is 0 Å². The van der Waals surface area contributed by atoms with Gasteiger partial charge in [-0.3, -0.25) is 4.79 Å². The zero-order valence-electron chi connectivity index (χ0n) is 11.7. The van der Waals surface area contributed by atoms with Crippen molar-refractivity contribution in [2.24, 2.45) is 4.99 Å². The average Bonchev–Trinajstić information content (AvgIpc) is 2.47. The van der Waals surface area contributed by atoms with Crippen LogP contribution in [0.2, 0.25) is 0 Å². The van der Waals surface area contributed by atoms with Crippen molar-refractivity contribution in [3.8, 4) is 0 Å². The molecule has 0 radical (unpaired) electrons. The zero-order valence-corrected chi connectivity index (χ0v) is 11.7. The van der Waals surface area contributed by atoms with Gasteiger partial charge in [-0.2, -0.15) is 0 Å². The molecule has 0 atom stereocenters. The van der Waals surface area contributed by atoms with Crippen LogP contribution < -0.4 is 5.32 Å². The fraction of sp³-hybridized carbons (Fsp3) is 0.429. The van der Waals surface area contributed by atoms with Crippen LogP contribution in [0.25, 0.3) is 0 Å². The second-order valence-electron chi connectivity index (χ2n) is 4.18. The summed E-state index contributed by atoms with van der Waals surface area (Å²) in [5.41, 5.74) is 0.779. The van der Waals surface area contributed by atoms with Crippen molar-refractivity contribution >= 4 is 11.7 Å². The molecule has 1 heterocycles. The molecule has 0 spiro atoms. The first-order chi connectivity index (χ1) is 9.13. The summed E-state index contributed by atoms with van der Waals surface area (Å²) in [6.45, 7) is 12.2. The second kappa shape index (κ2) is 7.41. The van der Waals surface area contributed by atoms with Gasteiger partial charge >= 0.3 is 0 Å². The number of amides is 1. The number of piperazine rings is 1. The standard InChI is InChI=1S/C14H22N4O/c1-5-7-16-14(12(3)15-4)18-10-8-17(9-11-18)13(19)6-2/h5-7,15H,2-3,8-11H2,1,4H3/b7-5-,16-14?. The summed E-state index contributed by atoms with van der Waals surface area (Å²) in [5.74, 6) is 0.810. The molecule has 5 nitrogen and oxygen atoms in total. The number of carbonyl (C=O) groups excluding carboxylic acids is 1. The van der Waals surface area contributed by atoms with Crippen molar-refractivity contribution in [3.05, 3.63) is 37.2 Å². The van der Waals surface area contributed by atoms with E-state index in [1.807, 2.05) is 20.0 Å². The number of amidine groups is 1. The molecule has 0 bridgehead atoms. The normalized spacial score (nSPS) is 16.6. The molecular weight excluding hydrogens is 240 g/mol. The van der Waals surface area contributed by atoms with Gasteiger partial charge in [0.1, 0.15) is 0 Å². The summed E-state index contributed by atoms with van der Waals surface area (Å²) >= 11 is 0. The minimum Gasteiger partial charge on any atom is -0.386 e. The van der Waals surface area contributed by atoms with E-state index < -0.39 is 0 Å². The lowest BCUT2D eigenvalue weighted by Gasteiger charge is -2.36. The molecular formula is C14H22N4O. The lowest BCUT2D eigenvalue weighted by Crippen LogP contribution is -2.51. The van der Waals surface area contributed by atoms with Crippen molar-refractivity contribution < 1.29 is 4.79 Å². The van der Waals surface area contributed by atoms with E-state index in [0.29, 0.717) is 13.1 Å². The fourth-order valence-electron chi connectivity index (χ4n) is 1.88. The molecule has 1 fully saturated rings. The van der Waals surface area contributed by atoms with Gasteiger partial charge in [0.05, 0.1) is 5.70 Å². The van der Waals surface area contributed by atoms with E-state index >= 15 is 0 Å². The van der Waals surface area contributed by atoms with Gasteiger partial charge in [0.15, 0.2) is 5.84 Å². The maximum absolute atomic E-state index is 11.5. The first-order valence-corrected chi connectivity index (χ1v) is 6.36. The summed E-state index contributed by atoms with van der Waals surface area (Å²) in [4.78, 5) is 19.8. The Labute approximate surface area is 115 Å². The highest BCUT2D eigenvalue weighted by molar-refractivity contribution is 5.97. The number of hydrogen-bond donors (Lipinski definition) is 1. The predicted molar refractivity (Wildman–Crippen MR) is 78.8 cm³/mol. The second-order valence-corrected chi connectivity index (χ2v) is 4.18. The van der Waals surface area contributed by atoms with Gasteiger partial charge < -0.3 is 15.1 Å². The highest BCUT2D eigenvalue weighted by Gasteiger charge is 2.22. The molecule has 0 aromatic rings. The summed E-state index contributed by atoms with van der Waals surface area (Å²) in [7, 11) is 1.82. The highest BCUT2D eigenvalue weighted by atomic mass is 16.2. The van der Waals surface area contributed by atoms with Crippen molar-refractivity contribution in [3.63, 3.8) is 0 Å². The van der Waals surface area contributed by atoms with Gasteiger partial charge in [0, 0.05) is 39.4 Å². The summed E-state index contributed by atoms with van der Waals surface area (Å²) < 4.78 is 0. The SMILES string of the molecule is C=CC(=O)N1CCN(C(=N/C=C\C)C(=C)NC)CC1. The Bertz CT molecular complexity index is 404. The summed E-state index contributed by atoms with van der Waals surface area (Å²) in [6, 6.07) is 0. The number of allylic oxidation sites excluding steroid dienone is 1. The zero-order chi connectivity index (χ0) is 14.3. The van der Waals surface area contributed by atoms with Crippen LogP contribution in [0.3, 0.4) is 0 Å². The maximum Gasteiger partial charge on any atom is 0.246 e. The lowest BCUT2D eigenvalue weighted by atomic mass is 10.2. The molecule has 0 saturated carbocycles. The minimum atomic E-state index is -0.0148. The van der Waals surface area contributed by atoms with Crippen LogP contribution >= 0.6 is 0 Å². The van der Waals surface area contributed by atoms with Crippen molar-refractivity contribution in [1.82, 2.24) is 15.1 Å². The molecule has 0 unspecified atom stereocenters. The number of likely N-dealkylation sites (N-methyl/N-ethyl adjacent to an activating group) is 1. The average molecular weight is 262 g/mol. The van der Waals surface area contributed by atoms with Gasteiger partial charge in [0.25, 0.3) is 0 Å². The largest absolute Gasteiger partial charge is 0.386 e. The van der Waals surface area contributed by atoms with Gasteiger partial charge in [-0.25, -0.2) is 4.99 Å². The molecule has 1 rings (SSSR count). The van der Waals surface area contributed by atoms with E-state index in [-0.39, 0.29) is 5.91 Å². The lowest BCUT2D eigenvalue weighted by molar-refractivity contribution is -0.127. The number of hydrogen-bond acceptors (Lipinski definition) is 3. The Morgan fingerprint density at radius 1 is 1.26 bits per heavy atom. The summed E-state index contributed by atoms with van der Waals surface area (Å²) in [5, 5.41) is 3.02. The molecule has 1 saturated heterocycles. The fourth-order valence-corrected chi connectivity index (χ4v) is 1.88. The van der Waals surface area contributed by atoms with E-state index in [2.05, 4.69) is 28.4 Å². The Morgan fingerprint density at radius 3 is 2.32 bits per heavy atom. The molecule has 1 aliphatic heterocycles. The van der Waals surface area contributed by atoms with Crippen LogP contribution in [0.15, 0.2) is 42.2 Å². The van der Waals surface area contributed by atoms with Crippen LogP contribution in [-0.4, -0.2) is 54.8 Å². The minimum absolute atomic E-state index is 0.0148. The van der Waals surface area contributed by atoms with Crippen molar-refractivity contribution in [2.75, 3.05) is 33.2 Å². The third-order valence-corrected chi connectivity index (χ3v) is 2.98. The molecule has 0 aromatic heterocycles. The van der Waals surface area contributed by atoms with Crippen LogP contribution in [0.5, 0.6) is 0 Å². The Kier molecular flexibility index (Phi) is 5.85. The quantitative estimate of drug-likeness (QED) is 0.467. The van der Waals surface area contributed by atoms with Crippen LogP contribution in [0.1, 0.15) is 6.92 Å². The van der Waals surface area contributed by atoms with Gasteiger partial charge in [0.2, 0.25) is 5.91 Å². The maximum atomic E-state index is 11.5. The van der Waals surface area contributed by atoms with Crippen molar-refractivity contribution in [2.45, 2.75) is 6.92 Å². The van der Waals surface area contributed by atoms with E-state index in [9.17, 15) is 4.79 Å². The Balaban J connectivity index is 2.72. The van der Waals surface area contributed by atoms with Crippen LogP contribution in [-0.2, 0) is 4.79 Å². The van der Waals surface area contributed by atoms with Crippen LogP contribution in [0, 0.1) is 0 Å². The molecule has 1 N–H and O–H groups in total. The Morgan fingerprint density at radius 2 is 1.84 bits per heavy atom. The molecule has 104 valence electrons. The van der Waals surface area contributed by atoms with Gasteiger partial charge in [-0.15, -0.1) is 0 Å². The third kappa shape index (κ3) is 3.98. The number of carbonyl (C=O) groups is 1. The van der Waals surface area contributed by atoms with Gasteiger partial charge in [-0.1, -0.05) is 19.2 Å². The Hall–Kier alpha value is -2.04. The summed E-state index contributed by atoms with van der Waals surface area (Å²) in [6.07, 6.45) is 4.98. The molecule has 5 heteroatoms. The smallest absolute Gasteiger partial charge is 0.246 e. The first-order valence-electron chi connectivity index (χ1n) is 6.36. The molecule has 19 heavy (non-hydrogen) atoms. The first kappa shape index (κ1) is 15.0. The van der Waals surface area contributed by atoms with Crippen LogP contribution in [0.4, 0.5) is 0 Å². The van der Waals surface area contributed by atoms with E-state index in [4.69, 9.17) is 0 Å². The van der Waals surface area contributed by atoms with E-state index in [1.54, 1.807) is 11.1 Å². The molecule has 0 aromatic carbocycles. The number of rotatable bonds is 4.